The molecule has 42 heavy (non-hydrogen) atoms. The highest BCUT2D eigenvalue weighted by Crippen LogP contribution is 2.37. The Bertz CT molecular complexity index is 1280. The Balaban J connectivity index is 0.00000144. The van der Waals surface area contributed by atoms with Crippen molar-refractivity contribution >= 4 is 23.5 Å². The van der Waals surface area contributed by atoms with Crippen LogP contribution in [0.15, 0.2) is 72.8 Å². The van der Waals surface area contributed by atoms with Crippen LogP contribution in [0.5, 0.6) is 5.75 Å². The summed E-state index contributed by atoms with van der Waals surface area (Å²) in [5.41, 5.74) is 1.59. The number of alkyl halides is 3. The Kier molecular flexibility index (Phi) is 13.8. The van der Waals surface area contributed by atoms with Gasteiger partial charge in [0.2, 0.25) is 0 Å². The Morgan fingerprint density at radius 2 is 1.62 bits per heavy atom. The average Bonchev–Trinajstić information content (AvgIpc) is 2.92. The fraction of sp³-hybridized carbons (Fsp3) is 0.375. The van der Waals surface area contributed by atoms with E-state index >= 15 is 0 Å². The number of carboxylic acids is 1. The first kappa shape index (κ1) is 34.6. The molecule has 0 aliphatic rings. The van der Waals surface area contributed by atoms with Crippen molar-refractivity contribution < 1.29 is 37.3 Å². The third-order valence-corrected chi connectivity index (χ3v) is 6.85. The lowest BCUT2D eigenvalue weighted by Crippen LogP contribution is -2.36. The monoisotopic (exact) mass is 607 g/mol. The number of carboxylic acid groups (broad SMARTS) is 1. The summed E-state index contributed by atoms with van der Waals surface area (Å²) in [5.74, 6) is -0.370. The van der Waals surface area contributed by atoms with Crippen molar-refractivity contribution in [3.8, 4) is 5.75 Å². The Morgan fingerprint density at radius 1 is 0.976 bits per heavy atom. The summed E-state index contributed by atoms with van der Waals surface area (Å²) in [4.78, 5) is 22.2. The lowest BCUT2D eigenvalue weighted by Gasteiger charge is -2.32. The van der Waals surface area contributed by atoms with Gasteiger partial charge < -0.3 is 14.6 Å². The van der Waals surface area contributed by atoms with E-state index in [1.165, 1.54) is 13.0 Å². The molecular formula is C32H37ClF3NO5. The first-order valence-electron chi connectivity index (χ1n) is 13.5. The number of aliphatic carboxylic acids is 1. The van der Waals surface area contributed by atoms with Gasteiger partial charge in [0.25, 0.3) is 5.97 Å². The number of benzene rings is 3. The van der Waals surface area contributed by atoms with Gasteiger partial charge in [-0.25, -0.2) is 0 Å². The second-order valence-corrected chi connectivity index (χ2v) is 10.3. The summed E-state index contributed by atoms with van der Waals surface area (Å²) in [6.45, 7) is 8.08. The molecule has 3 aromatic rings. The van der Waals surface area contributed by atoms with E-state index in [0.29, 0.717) is 30.9 Å². The minimum atomic E-state index is -4.52. The molecule has 0 aliphatic carbocycles. The maximum Gasteiger partial charge on any atom is 0.417 e. The van der Waals surface area contributed by atoms with Crippen molar-refractivity contribution in [2.75, 3.05) is 13.2 Å². The van der Waals surface area contributed by atoms with Crippen molar-refractivity contribution in [2.24, 2.45) is 0 Å². The molecule has 3 rings (SSSR count). The zero-order valence-corrected chi connectivity index (χ0v) is 24.9. The molecule has 3 aromatic carbocycles. The Labute approximate surface area is 250 Å². The number of hydrogen-bond donors (Lipinski definition) is 1. The van der Waals surface area contributed by atoms with E-state index in [4.69, 9.17) is 31.0 Å². The predicted molar refractivity (Wildman–Crippen MR) is 157 cm³/mol. The van der Waals surface area contributed by atoms with E-state index < -0.39 is 17.7 Å². The highest BCUT2D eigenvalue weighted by Gasteiger charge is 2.34. The topological polar surface area (TPSA) is 76.1 Å². The van der Waals surface area contributed by atoms with E-state index in [9.17, 15) is 18.0 Å². The molecule has 6 nitrogen and oxygen atoms in total. The zero-order chi connectivity index (χ0) is 31.3. The van der Waals surface area contributed by atoms with Crippen LogP contribution in [-0.2, 0) is 33.7 Å². The van der Waals surface area contributed by atoms with Crippen LogP contribution in [0.2, 0.25) is 5.02 Å². The molecule has 1 N–H and O–H groups in total. The predicted octanol–water partition coefficient (Wildman–Crippen LogP) is 7.98. The maximum absolute atomic E-state index is 13.5. The van der Waals surface area contributed by atoms with Crippen molar-refractivity contribution in [3.05, 3.63) is 100 Å². The molecule has 0 heterocycles. The summed E-state index contributed by atoms with van der Waals surface area (Å²) in [6.07, 6.45) is -3.87. The molecule has 0 amide bonds. The van der Waals surface area contributed by atoms with Gasteiger partial charge in [-0.3, -0.25) is 14.5 Å². The van der Waals surface area contributed by atoms with Crippen molar-refractivity contribution in [2.45, 2.75) is 65.4 Å². The van der Waals surface area contributed by atoms with Crippen LogP contribution >= 0.6 is 11.6 Å². The number of halogens is 4. The van der Waals surface area contributed by atoms with Crippen molar-refractivity contribution in [1.29, 1.82) is 0 Å². The van der Waals surface area contributed by atoms with Gasteiger partial charge in [-0.2, -0.15) is 13.2 Å². The molecule has 10 heteroatoms. The Hall–Kier alpha value is -3.56. The van der Waals surface area contributed by atoms with Gasteiger partial charge in [-0.05, 0) is 54.2 Å². The van der Waals surface area contributed by atoms with Crippen molar-refractivity contribution in [1.82, 2.24) is 4.90 Å². The number of carbonyl (C=O) groups is 2. The summed E-state index contributed by atoms with van der Waals surface area (Å²) >= 11 is 6.24. The van der Waals surface area contributed by atoms with Gasteiger partial charge in [0.05, 0.1) is 17.2 Å². The summed E-state index contributed by atoms with van der Waals surface area (Å²) in [5, 5.41) is 7.16. The summed E-state index contributed by atoms with van der Waals surface area (Å²) in [7, 11) is 0. The molecule has 0 saturated carbocycles. The second-order valence-electron chi connectivity index (χ2n) is 9.95. The number of hydrogen-bond acceptors (Lipinski definition) is 5. The highest BCUT2D eigenvalue weighted by atomic mass is 35.5. The average molecular weight is 608 g/mol. The lowest BCUT2D eigenvalue weighted by atomic mass is 9.99. The number of ether oxygens (including phenoxy) is 2. The third-order valence-electron chi connectivity index (χ3n) is 6.40. The van der Waals surface area contributed by atoms with Crippen molar-refractivity contribution in [3.63, 3.8) is 0 Å². The lowest BCUT2D eigenvalue weighted by molar-refractivity contribution is -0.142. The molecule has 0 unspecified atom stereocenters. The molecular weight excluding hydrogens is 571 g/mol. The van der Waals surface area contributed by atoms with Crippen LogP contribution in [0, 0.1) is 0 Å². The summed E-state index contributed by atoms with van der Waals surface area (Å²) in [6, 6.07) is 21.4. The van der Waals surface area contributed by atoms with Gasteiger partial charge >= 0.3 is 12.1 Å². The normalized spacial score (nSPS) is 12.6. The largest absolute Gasteiger partial charge is 0.494 e. The zero-order valence-electron chi connectivity index (χ0n) is 24.2. The number of carbonyl (C=O) groups excluding carboxylic acids is 1. The maximum atomic E-state index is 13.5. The van der Waals surface area contributed by atoms with Gasteiger partial charge in [-0.1, -0.05) is 73.1 Å². The molecule has 0 aromatic heterocycles. The summed E-state index contributed by atoms with van der Waals surface area (Å²) < 4.78 is 51.4. The van der Waals surface area contributed by atoms with Crippen LogP contribution in [0.25, 0.3) is 0 Å². The van der Waals surface area contributed by atoms with Crippen LogP contribution in [-0.4, -0.2) is 41.1 Å². The van der Waals surface area contributed by atoms with Gasteiger partial charge in [-0.15, -0.1) is 0 Å². The van der Waals surface area contributed by atoms with Gasteiger partial charge in [0.1, 0.15) is 12.4 Å². The number of nitrogens with zero attached hydrogens (tertiary/aromatic N) is 1. The minimum absolute atomic E-state index is 0.00370. The first-order chi connectivity index (χ1) is 19.8. The first-order valence-corrected chi connectivity index (χ1v) is 13.8. The molecule has 228 valence electrons. The van der Waals surface area contributed by atoms with E-state index in [-0.39, 0.29) is 36.1 Å². The molecule has 0 bridgehead atoms. The minimum Gasteiger partial charge on any atom is -0.494 e. The van der Waals surface area contributed by atoms with E-state index in [1.807, 2.05) is 49.4 Å². The number of rotatable bonds is 12. The smallest absolute Gasteiger partial charge is 0.417 e. The Morgan fingerprint density at radius 3 is 2.24 bits per heavy atom. The van der Waals surface area contributed by atoms with Gasteiger partial charge in [0.15, 0.2) is 0 Å². The number of esters is 1. The molecule has 0 saturated heterocycles. The van der Waals surface area contributed by atoms with Crippen LogP contribution < -0.4 is 4.74 Å². The van der Waals surface area contributed by atoms with E-state index in [2.05, 4.69) is 24.0 Å². The second kappa shape index (κ2) is 16.8. The molecule has 0 radical (unpaired) electrons. The van der Waals surface area contributed by atoms with Crippen LogP contribution in [0.3, 0.4) is 0 Å². The fourth-order valence-electron chi connectivity index (χ4n) is 4.22. The molecule has 2 atom stereocenters. The molecule has 0 aliphatic heterocycles. The molecule has 0 fully saturated rings. The van der Waals surface area contributed by atoms with E-state index in [1.54, 1.807) is 6.07 Å². The molecule has 0 spiro atoms. The highest BCUT2D eigenvalue weighted by molar-refractivity contribution is 6.32. The van der Waals surface area contributed by atoms with E-state index in [0.717, 1.165) is 24.1 Å². The quantitative estimate of drug-likeness (QED) is 0.210. The fourth-order valence-corrected chi connectivity index (χ4v) is 4.51. The van der Waals surface area contributed by atoms with Crippen LogP contribution in [0.4, 0.5) is 13.2 Å². The SMILES string of the molecule is CC(=O)O.CC(=O)OCc1cccc(OCC[C@@H](C)N(Cc2cccc(C(F)(F)F)c2Cl)C[C@@H](C)c2ccccc2)c1. The van der Waals surface area contributed by atoms with Crippen LogP contribution in [0.1, 0.15) is 62.3 Å². The van der Waals surface area contributed by atoms with Gasteiger partial charge in [0, 0.05) is 33.0 Å². The third kappa shape index (κ3) is 12.1. The standard InChI is InChI=1S/C30H33ClF3NO3.C2H4O2/c1-21(25-10-5-4-6-11-25)18-35(19-26-12-8-14-28(29(26)31)30(32,33)34)22(2)15-16-37-27-13-7-9-24(17-27)20-38-23(3)36;1-2(3)4/h4-14,17,21-22H,15-16,18-20H2,1-3H3;1H3,(H,3,4)/t21-,22-;/m1./s1.